The van der Waals surface area contributed by atoms with E-state index in [9.17, 15) is 0 Å². The minimum Gasteiger partial charge on any atom is -0.495 e. The van der Waals surface area contributed by atoms with Gasteiger partial charge in [-0.1, -0.05) is 19.9 Å². The standard InChI is InChI=1S/C14H23NOS/c1-11(2)12-6-7-13(14(10-12)16-4)15(3)8-5-9-17/h6-7,10-11,17H,5,8-9H2,1-4H3. The van der Waals surface area contributed by atoms with E-state index in [0.29, 0.717) is 5.92 Å². The van der Waals surface area contributed by atoms with Crippen LogP contribution in [0.4, 0.5) is 5.69 Å². The summed E-state index contributed by atoms with van der Waals surface area (Å²) in [5.41, 5.74) is 2.46. The first-order valence-electron chi connectivity index (χ1n) is 6.10. The summed E-state index contributed by atoms with van der Waals surface area (Å²) in [4.78, 5) is 2.22. The number of rotatable bonds is 6. The summed E-state index contributed by atoms with van der Waals surface area (Å²) in [5.74, 6) is 2.40. The zero-order valence-electron chi connectivity index (χ0n) is 11.2. The Kier molecular flexibility index (Phi) is 5.69. The Hall–Kier alpha value is -0.830. The summed E-state index contributed by atoms with van der Waals surface area (Å²) >= 11 is 4.24. The maximum absolute atomic E-state index is 5.48. The van der Waals surface area contributed by atoms with Gasteiger partial charge in [-0.3, -0.25) is 0 Å². The van der Waals surface area contributed by atoms with Gasteiger partial charge in [-0.15, -0.1) is 0 Å². The Morgan fingerprint density at radius 1 is 1.35 bits per heavy atom. The van der Waals surface area contributed by atoms with E-state index in [2.05, 4.69) is 56.6 Å². The molecule has 0 saturated carbocycles. The Balaban J connectivity index is 2.91. The van der Waals surface area contributed by atoms with Gasteiger partial charge in [-0.25, -0.2) is 0 Å². The van der Waals surface area contributed by atoms with Crippen molar-refractivity contribution in [2.24, 2.45) is 0 Å². The lowest BCUT2D eigenvalue weighted by atomic mass is 10.0. The van der Waals surface area contributed by atoms with Crippen LogP contribution in [0.25, 0.3) is 0 Å². The van der Waals surface area contributed by atoms with Gasteiger partial charge in [0.1, 0.15) is 5.75 Å². The normalized spacial score (nSPS) is 10.7. The van der Waals surface area contributed by atoms with Crippen LogP contribution >= 0.6 is 12.6 Å². The van der Waals surface area contributed by atoms with Crippen LogP contribution in [0.2, 0.25) is 0 Å². The van der Waals surface area contributed by atoms with E-state index < -0.39 is 0 Å². The number of hydrogen-bond acceptors (Lipinski definition) is 3. The highest BCUT2D eigenvalue weighted by atomic mass is 32.1. The summed E-state index contributed by atoms with van der Waals surface area (Å²) < 4.78 is 5.48. The molecule has 1 rings (SSSR count). The zero-order chi connectivity index (χ0) is 12.8. The van der Waals surface area contributed by atoms with Crippen molar-refractivity contribution in [1.82, 2.24) is 0 Å². The van der Waals surface area contributed by atoms with E-state index in [-0.39, 0.29) is 0 Å². The summed E-state index contributed by atoms with van der Waals surface area (Å²) in [6.45, 7) is 5.39. The average Bonchev–Trinajstić information content (AvgIpc) is 2.34. The van der Waals surface area contributed by atoms with Crippen LogP contribution in [0.15, 0.2) is 18.2 Å². The van der Waals surface area contributed by atoms with Gasteiger partial charge >= 0.3 is 0 Å². The highest BCUT2D eigenvalue weighted by molar-refractivity contribution is 7.80. The molecule has 0 amide bonds. The summed E-state index contributed by atoms with van der Waals surface area (Å²) in [6.07, 6.45) is 1.08. The molecule has 0 aliphatic rings. The van der Waals surface area contributed by atoms with Crippen LogP contribution in [-0.4, -0.2) is 26.5 Å². The molecular weight excluding hydrogens is 230 g/mol. The molecule has 0 unspecified atom stereocenters. The highest BCUT2D eigenvalue weighted by Gasteiger charge is 2.10. The first kappa shape index (κ1) is 14.2. The fourth-order valence-electron chi connectivity index (χ4n) is 1.80. The lowest BCUT2D eigenvalue weighted by Crippen LogP contribution is -2.19. The molecule has 0 aliphatic heterocycles. The number of ether oxygens (including phenoxy) is 1. The lowest BCUT2D eigenvalue weighted by Gasteiger charge is -2.22. The molecule has 0 bridgehead atoms. The quantitative estimate of drug-likeness (QED) is 0.778. The van der Waals surface area contributed by atoms with Gasteiger partial charge in [0, 0.05) is 13.6 Å². The molecular formula is C14H23NOS. The van der Waals surface area contributed by atoms with Crippen LogP contribution in [0.5, 0.6) is 5.75 Å². The smallest absolute Gasteiger partial charge is 0.142 e. The minimum absolute atomic E-state index is 0.528. The molecule has 0 atom stereocenters. The van der Waals surface area contributed by atoms with E-state index in [0.717, 1.165) is 30.2 Å². The molecule has 0 heterocycles. The monoisotopic (exact) mass is 253 g/mol. The topological polar surface area (TPSA) is 12.5 Å². The predicted octanol–water partition coefficient (Wildman–Crippen LogP) is 3.57. The van der Waals surface area contributed by atoms with Gasteiger partial charge in [0.15, 0.2) is 0 Å². The van der Waals surface area contributed by atoms with Crippen molar-refractivity contribution in [3.8, 4) is 5.75 Å². The predicted molar refractivity (Wildman–Crippen MR) is 78.8 cm³/mol. The second-order valence-electron chi connectivity index (χ2n) is 4.58. The van der Waals surface area contributed by atoms with E-state index >= 15 is 0 Å². The molecule has 0 spiro atoms. The molecule has 1 aromatic carbocycles. The fourth-order valence-corrected chi connectivity index (χ4v) is 1.94. The summed E-state index contributed by atoms with van der Waals surface area (Å²) in [6, 6.07) is 6.46. The van der Waals surface area contributed by atoms with Gasteiger partial charge < -0.3 is 9.64 Å². The van der Waals surface area contributed by atoms with E-state index in [1.54, 1.807) is 7.11 Å². The number of thiol groups is 1. The highest BCUT2D eigenvalue weighted by Crippen LogP contribution is 2.31. The van der Waals surface area contributed by atoms with Crippen LogP contribution in [0, 0.1) is 0 Å². The van der Waals surface area contributed by atoms with Crippen molar-refractivity contribution in [3.05, 3.63) is 23.8 Å². The number of anilines is 1. The van der Waals surface area contributed by atoms with Crippen molar-refractivity contribution in [3.63, 3.8) is 0 Å². The molecule has 1 aromatic rings. The minimum atomic E-state index is 0.528. The Labute approximate surface area is 110 Å². The van der Waals surface area contributed by atoms with Crippen LogP contribution in [0.3, 0.4) is 0 Å². The van der Waals surface area contributed by atoms with E-state index in [1.807, 2.05) is 0 Å². The molecule has 2 nitrogen and oxygen atoms in total. The SMILES string of the molecule is COc1cc(C(C)C)ccc1N(C)CCCS. The largest absolute Gasteiger partial charge is 0.495 e. The van der Waals surface area contributed by atoms with Crippen molar-refractivity contribution >= 4 is 18.3 Å². The number of methoxy groups -OCH3 is 1. The summed E-state index contributed by atoms with van der Waals surface area (Å²) in [7, 11) is 3.83. The molecule has 0 radical (unpaired) electrons. The molecule has 3 heteroatoms. The van der Waals surface area contributed by atoms with Gasteiger partial charge in [-0.05, 0) is 35.8 Å². The number of hydrogen-bond donors (Lipinski definition) is 1. The Morgan fingerprint density at radius 2 is 2.06 bits per heavy atom. The first-order valence-corrected chi connectivity index (χ1v) is 6.73. The molecule has 0 saturated heterocycles. The van der Waals surface area contributed by atoms with Crippen molar-refractivity contribution < 1.29 is 4.74 Å². The van der Waals surface area contributed by atoms with E-state index in [4.69, 9.17) is 4.74 Å². The fraction of sp³-hybridized carbons (Fsp3) is 0.571. The van der Waals surface area contributed by atoms with Gasteiger partial charge in [0.2, 0.25) is 0 Å². The molecule has 96 valence electrons. The van der Waals surface area contributed by atoms with Gasteiger partial charge in [-0.2, -0.15) is 12.6 Å². The molecule has 0 fully saturated rings. The van der Waals surface area contributed by atoms with Gasteiger partial charge in [0.25, 0.3) is 0 Å². The number of benzene rings is 1. The van der Waals surface area contributed by atoms with Crippen molar-refractivity contribution in [1.29, 1.82) is 0 Å². The second kappa shape index (κ2) is 6.80. The number of nitrogens with zero attached hydrogens (tertiary/aromatic N) is 1. The summed E-state index contributed by atoms with van der Waals surface area (Å²) in [5, 5.41) is 0. The van der Waals surface area contributed by atoms with E-state index in [1.165, 1.54) is 5.56 Å². The second-order valence-corrected chi connectivity index (χ2v) is 5.03. The molecule has 0 aromatic heterocycles. The van der Waals surface area contributed by atoms with Crippen LogP contribution in [0.1, 0.15) is 31.7 Å². The van der Waals surface area contributed by atoms with Crippen molar-refractivity contribution in [2.45, 2.75) is 26.2 Å². The first-order chi connectivity index (χ1) is 8.10. The lowest BCUT2D eigenvalue weighted by molar-refractivity contribution is 0.414. The molecule has 0 aliphatic carbocycles. The van der Waals surface area contributed by atoms with Crippen LogP contribution in [-0.2, 0) is 0 Å². The average molecular weight is 253 g/mol. The molecule has 0 N–H and O–H groups in total. The maximum Gasteiger partial charge on any atom is 0.142 e. The van der Waals surface area contributed by atoms with Gasteiger partial charge in [0.05, 0.1) is 12.8 Å². The molecule has 17 heavy (non-hydrogen) atoms. The zero-order valence-corrected chi connectivity index (χ0v) is 12.1. The third kappa shape index (κ3) is 3.84. The Morgan fingerprint density at radius 3 is 2.59 bits per heavy atom. The third-order valence-electron chi connectivity index (χ3n) is 2.93. The Bertz CT molecular complexity index is 352. The maximum atomic E-state index is 5.48. The van der Waals surface area contributed by atoms with Crippen LogP contribution < -0.4 is 9.64 Å². The van der Waals surface area contributed by atoms with Crippen molar-refractivity contribution in [2.75, 3.05) is 31.4 Å². The third-order valence-corrected chi connectivity index (χ3v) is 3.25.